The van der Waals surface area contributed by atoms with Gasteiger partial charge in [-0.1, -0.05) is 32.6 Å². The van der Waals surface area contributed by atoms with Gasteiger partial charge in [0.25, 0.3) is 0 Å². The summed E-state index contributed by atoms with van der Waals surface area (Å²) < 4.78 is 0. The first kappa shape index (κ1) is 15.0. The van der Waals surface area contributed by atoms with Crippen molar-refractivity contribution in [1.82, 2.24) is 10.3 Å². The van der Waals surface area contributed by atoms with Crippen LogP contribution in [0.5, 0.6) is 0 Å². The van der Waals surface area contributed by atoms with Crippen molar-refractivity contribution in [1.29, 1.82) is 0 Å². The topological polar surface area (TPSA) is 24.9 Å². The molecule has 1 saturated carbocycles. The van der Waals surface area contributed by atoms with Gasteiger partial charge in [0.1, 0.15) is 5.01 Å². The molecule has 1 aromatic rings. The third-order valence-corrected chi connectivity index (χ3v) is 5.38. The molecule has 0 amide bonds. The lowest BCUT2D eigenvalue weighted by atomic mass is 9.90. The molecule has 0 bridgehead atoms. The lowest BCUT2D eigenvalue weighted by molar-refractivity contribution is 0.266. The van der Waals surface area contributed by atoms with Crippen molar-refractivity contribution in [3.63, 3.8) is 0 Å². The van der Waals surface area contributed by atoms with Crippen molar-refractivity contribution in [2.75, 3.05) is 0 Å². The van der Waals surface area contributed by atoms with Crippen LogP contribution in [-0.2, 0) is 12.0 Å². The molecule has 1 aliphatic carbocycles. The first-order chi connectivity index (χ1) is 9.07. The minimum absolute atomic E-state index is 0.146. The highest BCUT2D eigenvalue weighted by atomic mass is 32.1. The molecule has 19 heavy (non-hydrogen) atoms. The molecule has 1 aromatic heterocycles. The van der Waals surface area contributed by atoms with Gasteiger partial charge in [-0.3, -0.25) is 0 Å². The van der Waals surface area contributed by atoms with E-state index < -0.39 is 0 Å². The quantitative estimate of drug-likeness (QED) is 0.818. The summed E-state index contributed by atoms with van der Waals surface area (Å²) >= 11 is 1.92. The van der Waals surface area contributed by atoms with Crippen LogP contribution >= 0.6 is 11.3 Å². The zero-order valence-electron chi connectivity index (χ0n) is 12.9. The predicted molar refractivity (Wildman–Crippen MR) is 83.9 cm³/mol. The molecule has 0 aromatic carbocycles. The Hall–Kier alpha value is -0.410. The van der Waals surface area contributed by atoms with Crippen LogP contribution in [0.4, 0.5) is 0 Å². The maximum Gasteiger partial charge on any atom is 0.113 e. The van der Waals surface area contributed by atoms with Crippen LogP contribution in [0.3, 0.4) is 0 Å². The van der Waals surface area contributed by atoms with Crippen molar-refractivity contribution >= 4 is 11.3 Å². The summed E-state index contributed by atoms with van der Waals surface area (Å²) in [6.07, 6.45) is 8.99. The number of aromatic nitrogens is 1. The van der Waals surface area contributed by atoms with Crippen molar-refractivity contribution in [3.05, 3.63) is 15.6 Å². The standard InChI is InChI=1S/C16H28N2S/c1-5-14-13(4)19-15(17-14)16(18-12(2)3)10-8-6-7-9-11-16/h12,18H,5-11H2,1-4H3. The molecule has 0 radical (unpaired) electrons. The molecule has 1 N–H and O–H groups in total. The minimum atomic E-state index is 0.146. The summed E-state index contributed by atoms with van der Waals surface area (Å²) in [6, 6.07) is 0.521. The Morgan fingerprint density at radius 1 is 1.21 bits per heavy atom. The van der Waals surface area contributed by atoms with Gasteiger partial charge in [0.05, 0.1) is 11.2 Å². The first-order valence-corrected chi connectivity index (χ1v) is 8.63. The normalized spacial score (nSPS) is 19.6. The molecule has 108 valence electrons. The minimum Gasteiger partial charge on any atom is -0.303 e. The van der Waals surface area contributed by atoms with Crippen molar-refractivity contribution in [2.45, 2.75) is 84.2 Å². The van der Waals surface area contributed by atoms with E-state index in [1.165, 1.54) is 54.1 Å². The molecule has 0 saturated heterocycles. The van der Waals surface area contributed by atoms with Crippen LogP contribution < -0.4 is 5.32 Å². The van der Waals surface area contributed by atoms with Gasteiger partial charge >= 0.3 is 0 Å². The highest BCUT2D eigenvalue weighted by Gasteiger charge is 2.36. The van der Waals surface area contributed by atoms with Crippen LogP contribution in [0.15, 0.2) is 0 Å². The van der Waals surface area contributed by atoms with Crippen molar-refractivity contribution in [3.8, 4) is 0 Å². The second-order valence-corrected chi connectivity index (χ2v) is 7.37. The molecule has 0 atom stereocenters. The number of thiazole rings is 1. The zero-order valence-corrected chi connectivity index (χ0v) is 13.7. The Labute approximate surface area is 122 Å². The Kier molecular flexibility index (Phi) is 5.02. The van der Waals surface area contributed by atoms with Crippen LogP contribution in [0.2, 0.25) is 0 Å². The Morgan fingerprint density at radius 2 is 1.84 bits per heavy atom. The second kappa shape index (κ2) is 6.36. The third kappa shape index (κ3) is 3.38. The van der Waals surface area contributed by atoms with Gasteiger partial charge < -0.3 is 5.32 Å². The summed E-state index contributed by atoms with van der Waals surface area (Å²) in [4.78, 5) is 6.38. The van der Waals surface area contributed by atoms with Crippen molar-refractivity contribution in [2.24, 2.45) is 0 Å². The number of rotatable bonds is 4. The number of hydrogen-bond acceptors (Lipinski definition) is 3. The monoisotopic (exact) mass is 280 g/mol. The smallest absolute Gasteiger partial charge is 0.113 e. The molecule has 1 aliphatic rings. The Morgan fingerprint density at radius 3 is 2.32 bits per heavy atom. The van der Waals surface area contributed by atoms with Gasteiger partial charge in [-0.05, 0) is 40.0 Å². The molecule has 2 rings (SSSR count). The van der Waals surface area contributed by atoms with Gasteiger partial charge in [0.2, 0.25) is 0 Å². The van der Waals surface area contributed by atoms with E-state index >= 15 is 0 Å². The fourth-order valence-corrected chi connectivity index (χ4v) is 4.48. The van der Waals surface area contributed by atoms with Crippen LogP contribution in [0.1, 0.15) is 74.9 Å². The fraction of sp³-hybridized carbons (Fsp3) is 0.812. The molecule has 1 fully saturated rings. The lowest BCUT2D eigenvalue weighted by Crippen LogP contribution is -2.45. The first-order valence-electron chi connectivity index (χ1n) is 7.82. The Bertz CT molecular complexity index is 401. The molecule has 0 aliphatic heterocycles. The maximum absolute atomic E-state index is 4.97. The van der Waals surface area contributed by atoms with E-state index in [1.54, 1.807) is 0 Å². The summed E-state index contributed by atoms with van der Waals surface area (Å²) in [5.41, 5.74) is 1.45. The van der Waals surface area contributed by atoms with Gasteiger partial charge in [0, 0.05) is 10.9 Å². The number of nitrogens with zero attached hydrogens (tertiary/aromatic N) is 1. The predicted octanol–water partition coefficient (Wildman–Crippen LogP) is 4.56. The second-order valence-electron chi connectivity index (χ2n) is 6.17. The fourth-order valence-electron chi connectivity index (χ4n) is 3.27. The summed E-state index contributed by atoms with van der Waals surface area (Å²) in [6.45, 7) is 8.95. The van der Waals surface area contributed by atoms with E-state index in [2.05, 4.69) is 33.0 Å². The van der Waals surface area contributed by atoms with Gasteiger partial charge in [-0.2, -0.15) is 0 Å². The SMILES string of the molecule is CCc1nc(C2(NC(C)C)CCCCCC2)sc1C. The summed E-state index contributed by atoms with van der Waals surface area (Å²) in [5, 5.41) is 5.21. The van der Waals surface area contributed by atoms with Crippen LogP contribution in [-0.4, -0.2) is 11.0 Å². The van der Waals surface area contributed by atoms with Gasteiger partial charge in [-0.15, -0.1) is 11.3 Å². The van der Waals surface area contributed by atoms with Crippen LogP contribution in [0.25, 0.3) is 0 Å². The van der Waals surface area contributed by atoms with Gasteiger partial charge in [-0.25, -0.2) is 4.98 Å². The highest BCUT2D eigenvalue weighted by Crippen LogP contribution is 2.39. The van der Waals surface area contributed by atoms with E-state index in [-0.39, 0.29) is 5.54 Å². The lowest BCUT2D eigenvalue weighted by Gasteiger charge is -2.34. The zero-order chi connectivity index (χ0) is 13.9. The van der Waals surface area contributed by atoms with E-state index in [9.17, 15) is 0 Å². The third-order valence-electron chi connectivity index (χ3n) is 4.16. The van der Waals surface area contributed by atoms with E-state index in [0.29, 0.717) is 6.04 Å². The molecular formula is C16H28N2S. The van der Waals surface area contributed by atoms with E-state index in [0.717, 1.165) is 6.42 Å². The van der Waals surface area contributed by atoms with Gasteiger partial charge in [0.15, 0.2) is 0 Å². The number of aryl methyl sites for hydroxylation is 2. The summed E-state index contributed by atoms with van der Waals surface area (Å²) in [7, 11) is 0. The molecule has 0 spiro atoms. The maximum atomic E-state index is 4.97. The molecule has 2 nitrogen and oxygen atoms in total. The number of nitrogens with one attached hydrogen (secondary N) is 1. The number of hydrogen-bond donors (Lipinski definition) is 1. The average molecular weight is 280 g/mol. The molecule has 3 heteroatoms. The molecule has 0 unspecified atom stereocenters. The molecule has 1 heterocycles. The summed E-state index contributed by atoms with van der Waals surface area (Å²) in [5.74, 6) is 0. The average Bonchev–Trinajstić information content (AvgIpc) is 2.58. The largest absolute Gasteiger partial charge is 0.303 e. The van der Waals surface area contributed by atoms with Crippen molar-refractivity contribution < 1.29 is 0 Å². The highest BCUT2D eigenvalue weighted by molar-refractivity contribution is 7.11. The Balaban J connectivity index is 2.34. The van der Waals surface area contributed by atoms with E-state index in [1.807, 2.05) is 11.3 Å². The van der Waals surface area contributed by atoms with Crippen LogP contribution in [0, 0.1) is 6.92 Å². The molecular weight excluding hydrogens is 252 g/mol. The van der Waals surface area contributed by atoms with E-state index in [4.69, 9.17) is 4.98 Å².